The Morgan fingerprint density at radius 3 is 2.73 bits per heavy atom. The van der Waals surface area contributed by atoms with Crippen LogP contribution >= 0.6 is 0 Å². The number of hydrogen-bond acceptors (Lipinski definition) is 5. The molecule has 0 N–H and O–H groups in total. The molecular weight excluding hydrogens is 380 g/mol. The van der Waals surface area contributed by atoms with E-state index >= 15 is 0 Å². The summed E-state index contributed by atoms with van der Waals surface area (Å²) < 4.78 is 6.70. The minimum absolute atomic E-state index is 0.146. The highest BCUT2D eigenvalue weighted by Crippen LogP contribution is 2.18. The summed E-state index contributed by atoms with van der Waals surface area (Å²) in [6.45, 7) is 8.17. The predicted octanol–water partition coefficient (Wildman–Crippen LogP) is 3.88. The van der Waals surface area contributed by atoms with E-state index in [0.29, 0.717) is 29.6 Å². The molecule has 3 rings (SSSR count). The van der Waals surface area contributed by atoms with Crippen molar-refractivity contribution in [3.63, 3.8) is 0 Å². The van der Waals surface area contributed by atoms with Gasteiger partial charge in [0.2, 0.25) is 5.89 Å². The van der Waals surface area contributed by atoms with Gasteiger partial charge in [-0.25, -0.2) is 0 Å². The van der Waals surface area contributed by atoms with Gasteiger partial charge in [0.05, 0.1) is 6.54 Å². The summed E-state index contributed by atoms with van der Waals surface area (Å²) in [5, 5.41) is 3.92. The monoisotopic (exact) mass is 408 g/mol. The molecule has 0 spiro atoms. The van der Waals surface area contributed by atoms with Crippen LogP contribution in [0.1, 0.15) is 66.3 Å². The molecule has 0 saturated carbocycles. The molecule has 1 aromatic carbocycles. The lowest BCUT2D eigenvalue weighted by Gasteiger charge is -2.17. The predicted molar refractivity (Wildman–Crippen MR) is 115 cm³/mol. The number of amides is 1. The fourth-order valence-electron chi connectivity index (χ4n) is 3.27. The number of nitrogens with zero attached hydrogens (tertiary/aromatic N) is 4. The Labute approximate surface area is 176 Å². The molecule has 7 heteroatoms. The van der Waals surface area contributed by atoms with E-state index in [4.69, 9.17) is 4.52 Å². The number of benzene rings is 1. The average molecular weight is 409 g/mol. The van der Waals surface area contributed by atoms with Gasteiger partial charge in [0.1, 0.15) is 5.56 Å². The highest BCUT2D eigenvalue weighted by atomic mass is 16.5. The normalized spacial score (nSPS) is 11.1. The second-order valence-electron chi connectivity index (χ2n) is 7.81. The molecule has 158 valence electrons. The third-order valence-electron chi connectivity index (χ3n) is 5.03. The van der Waals surface area contributed by atoms with Gasteiger partial charge in [0, 0.05) is 25.4 Å². The number of aromatic nitrogens is 3. The van der Waals surface area contributed by atoms with Crippen LogP contribution in [0, 0.1) is 6.92 Å². The minimum atomic E-state index is -0.367. The maximum Gasteiger partial charge on any atom is 0.268 e. The van der Waals surface area contributed by atoms with Crippen molar-refractivity contribution in [2.24, 2.45) is 0 Å². The van der Waals surface area contributed by atoms with Gasteiger partial charge in [-0.1, -0.05) is 38.1 Å². The molecule has 0 unspecified atom stereocenters. The Morgan fingerprint density at radius 1 is 1.27 bits per heavy atom. The van der Waals surface area contributed by atoms with Crippen molar-refractivity contribution in [1.29, 1.82) is 0 Å². The zero-order chi connectivity index (χ0) is 21.8. The molecule has 2 aromatic heterocycles. The number of carbonyl (C=O) groups excluding carboxylic acids is 1. The Kier molecular flexibility index (Phi) is 6.50. The maximum absolute atomic E-state index is 13.2. The van der Waals surface area contributed by atoms with Crippen molar-refractivity contribution in [1.82, 2.24) is 19.6 Å². The number of aryl methyl sites for hydroxylation is 2. The molecule has 0 atom stereocenters. The Morgan fingerprint density at radius 2 is 2.03 bits per heavy atom. The second-order valence-corrected chi connectivity index (χ2v) is 7.81. The van der Waals surface area contributed by atoms with Crippen LogP contribution in [0.25, 0.3) is 5.69 Å². The zero-order valence-corrected chi connectivity index (χ0v) is 18.2. The van der Waals surface area contributed by atoms with Crippen LogP contribution in [-0.2, 0) is 13.0 Å². The van der Waals surface area contributed by atoms with E-state index in [1.165, 1.54) is 9.47 Å². The summed E-state index contributed by atoms with van der Waals surface area (Å²) in [6.07, 6.45) is 3.31. The fraction of sp³-hybridized carbons (Fsp3) is 0.391. The van der Waals surface area contributed by atoms with E-state index in [9.17, 15) is 9.59 Å². The molecule has 3 aromatic rings. The summed E-state index contributed by atoms with van der Waals surface area (Å²) in [6, 6.07) is 9.60. The van der Waals surface area contributed by atoms with Crippen molar-refractivity contribution >= 4 is 5.91 Å². The fourth-order valence-corrected chi connectivity index (χ4v) is 3.27. The van der Waals surface area contributed by atoms with Crippen molar-refractivity contribution in [3.8, 4) is 5.69 Å². The molecule has 7 nitrogen and oxygen atoms in total. The van der Waals surface area contributed by atoms with Crippen molar-refractivity contribution in [2.45, 2.75) is 53.0 Å². The molecule has 0 aliphatic rings. The Balaban J connectivity index is 1.91. The highest BCUT2D eigenvalue weighted by molar-refractivity contribution is 5.95. The quantitative estimate of drug-likeness (QED) is 0.593. The first kappa shape index (κ1) is 21.5. The Bertz CT molecular complexity index is 1100. The van der Waals surface area contributed by atoms with Crippen LogP contribution in [0.15, 0.2) is 45.8 Å². The van der Waals surface area contributed by atoms with Gasteiger partial charge in [-0.05, 0) is 48.6 Å². The largest absolute Gasteiger partial charge is 0.339 e. The van der Waals surface area contributed by atoms with Gasteiger partial charge in [-0.3, -0.25) is 14.2 Å². The molecular formula is C23H28N4O3. The van der Waals surface area contributed by atoms with Crippen LogP contribution in [0.2, 0.25) is 0 Å². The zero-order valence-electron chi connectivity index (χ0n) is 18.2. The van der Waals surface area contributed by atoms with E-state index in [2.05, 4.69) is 24.0 Å². The molecule has 2 heterocycles. The van der Waals surface area contributed by atoms with E-state index in [-0.39, 0.29) is 23.6 Å². The van der Waals surface area contributed by atoms with Crippen LogP contribution in [0.4, 0.5) is 0 Å². The SMILES string of the molecule is CCCc1nc(CN(C)C(=O)c2c(C)ccn(-c3cccc(C(C)C)c3)c2=O)no1. The van der Waals surface area contributed by atoms with Gasteiger partial charge in [0.25, 0.3) is 11.5 Å². The van der Waals surface area contributed by atoms with Gasteiger partial charge < -0.3 is 9.42 Å². The summed E-state index contributed by atoms with van der Waals surface area (Å²) >= 11 is 0. The van der Waals surface area contributed by atoms with Gasteiger partial charge in [0.15, 0.2) is 5.82 Å². The second kappa shape index (κ2) is 9.07. The Hall–Kier alpha value is -3.22. The molecule has 0 fully saturated rings. The van der Waals surface area contributed by atoms with E-state index < -0.39 is 0 Å². The van der Waals surface area contributed by atoms with Crippen molar-refractivity contribution in [2.75, 3.05) is 7.05 Å². The van der Waals surface area contributed by atoms with E-state index in [0.717, 1.165) is 17.7 Å². The average Bonchev–Trinajstić information content (AvgIpc) is 3.15. The van der Waals surface area contributed by atoms with E-state index in [1.54, 1.807) is 26.2 Å². The third-order valence-corrected chi connectivity index (χ3v) is 5.03. The number of carbonyl (C=O) groups is 1. The molecule has 30 heavy (non-hydrogen) atoms. The first-order valence-corrected chi connectivity index (χ1v) is 10.2. The minimum Gasteiger partial charge on any atom is -0.339 e. The lowest BCUT2D eigenvalue weighted by molar-refractivity contribution is 0.0777. The van der Waals surface area contributed by atoms with Crippen molar-refractivity contribution < 1.29 is 9.32 Å². The standard InChI is InChI=1S/C23H28N4O3/c1-6-8-20-24-19(25-30-20)14-26(5)22(28)21-16(4)11-12-27(23(21)29)18-10-7-9-17(13-18)15(2)3/h7,9-13,15H,6,8,14H2,1-5H3. The highest BCUT2D eigenvalue weighted by Gasteiger charge is 2.21. The lowest BCUT2D eigenvalue weighted by Crippen LogP contribution is -2.34. The summed E-state index contributed by atoms with van der Waals surface area (Å²) in [5.41, 5.74) is 2.31. The van der Waals surface area contributed by atoms with Gasteiger partial charge in [-0.2, -0.15) is 4.98 Å². The molecule has 0 saturated heterocycles. The summed E-state index contributed by atoms with van der Waals surface area (Å²) in [7, 11) is 1.63. The third kappa shape index (κ3) is 4.50. The van der Waals surface area contributed by atoms with Crippen LogP contribution in [-0.4, -0.2) is 32.6 Å². The summed E-state index contributed by atoms with van der Waals surface area (Å²) in [4.78, 5) is 32.1. The number of pyridine rings is 1. The van der Waals surface area contributed by atoms with Crippen LogP contribution < -0.4 is 5.56 Å². The topological polar surface area (TPSA) is 81.2 Å². The molecule has 0 radical (unpaired) electrons. The van der Waals surface area contributed by atoms with Crippen LogP contribution in [0.5, 0.6) is 0 Å². The van der Waals surface area contributed by atoms with Gasteiger partial charge >= 0.3 is 0 Å². The molecule has 0 aliphatic heterocycles. The lowest BCUT2D eigenvalue weighted by atomic mass is 10.0. The molecule has 0 aliphatic carbocycles. The summed E-state index contributed by atoms with van der Waals surface area (Å²) in [5.74, 6) is 0.948. The first-order chi connectivity index (χ1) is 14.3. The maximum atomic E-state index is 13.2. The molecule has 1 amide bonds. The van der Waals surface area contributed by atoms with E-state index in [1.807, 2.05) is 31.2 Å². The first-order valence-electron chi connectivity index (χ1n) is 10.2. The number of hydrogen-bond donors (Lipinski definition) is 0. The number of rotatable bonds is 7. The van der Waals surface area contributed by atoms with Gasteiger partial charge in [-0.15, -0.1) is 0 Å². The van der Waals surface area contributed by atoms with Crippen molar-refractivity contribution in [3.05, 3.63) is 75.3 Å². The van der Waals surface area contributed by atoms with Crippen LogP contribution in [0.3, 0.4) is 0 Å². The smallest absolute Gasteiger partial charge is 0.268 e. The molecule has 0 bridgehead atoms.